The molecule has 2 aromatic carbocycles. The van der Waals surface area contributed by atoms with Gasteiger partial charge in [-0.1, -0.05) is 44.0 Å². The van der Waals surface area contributed by atoms with Crippen LogP contribution >= 0.6 is 0 Å². The number of hydrogen-bond donors (Lipinski definition) is 0. The Morgan fingerprint density at radius 1 is 1.07 bits per heavy atom. The number of morpholine rings is 1. The Labute approximate surface area is 173 Å². The normalized spacial score (nSPS) is 14.7. The lowest BCUT2D eigenvalue weighted by Gasteiger charge is -2.27. The van der Waals surface area contributed by atoms with Gasteiger partial charge in [0.1, 0.15) is 5.82 Å². The maximum absolute atomic E-state index is 13.3. The number of nitrogens with zero attached hydrogens (tertiary/aromatic N) is 2. The van der Waals surface area contributed by atoms with E-state index in [0.29, 0.717) is 13.1 Å². The average Bonchev–Trinajstić information content (AvgIpc) is 2.75. The van der Waals surface area contributed by atoms with E-state index in [0.717, 1.165) is 68.8 Å². The van der Waals surface area contributed by atoms with Crippen molar-refractivity contribution < 1.29 is 13.9 Å². The maximum Gasteiger partial charge on any atom is 0.254 e. The second-order valence-electron chi connectivity index (χ2n) is 7.65. The molecule has 0 atom stereocenters. The second-order valence-corrected chi connectivity index (χ2v) is 7.65. The molecular formula is C24H31FN2O2. The molecule has 0 spiro atoms. The molecule has 5 heteroatoms. The molecule has 156 valence electrons. The van der Waals surface area contributed by atoms with Gasteiger partial charge < -0.3 is 9.64 Å². The van der Waals surface area contributed by atoms with Crippen LogP contribution < -0.4 is 0 Å². The molecule has 2 aromatic rings. The van der Waals surface area contributed by atoms with Gasteiger partial charge in [0.05, 0.1) is 13.2 Å². The minimum atomic E-state index is -0.256. The number of carbonyl (C=O) groups excluding carboxylic acids is 1. The van der Waals surface area contributed by atoms with Gasteiger partial charge in [0.15, 0.2) is 0 Å². The molecule has 0 bridgehead atoms. The molecule has 1 aliphatic rings. The number of benzene rings is 2. The van der Waals surface area contributed by atoms with Gasteiger partial charge >= 0.3 is 0 Å². The fourth-order valence-electron chi connectivity index (χ4n) is 3.62. The van der Waals surface area contributed by atoms with E-state index in [4.69, 9.17) is 4.74 Å². The zero-order valence-electron chi connectivity index (χ0n) is 17.3. The molecule has 3 rings (SSSR count). The van der Waals surface area contributed by atoms with E-state index in [-0.39, 0.29) is 11.7 Å². The van der Waals surface area contributed by atoms with Crippen LogP contribution in [0.3, 0.4) is 0 Å². The van der Waals surface area contributed by atoms with Gasteiger partial charge in [0.2, 0.25) is 0 Å². The number of rotatable bonds is 9. The van der Waals surface area contributed by atoms with E-state index < -0.39 is 0 Å². The van der Waals surface area contributed by atoms with Crippen molar-refractivity contribution in [2.75, 3.05) is 32.8 Å². The standard InChI is InChI=1S/C24H31FN2O2/c1-2-3-4-12-27(19-20-8-10-23(25)11-9-20)24(28)22-7-5-6-21(17-22)18-26-13-15-29-16-14-26/h5-11,17H,2-4,12-16,18-19H2,1H3. The highest BCUT2D eigenvalue weighted by Crippen LogP contribution is 2.15. The van der Waals surface area contributed by atoms with Crippen molar-refractivity contribution in [3.8, 4) is 0 Å². The van der Waals surface area contributed by atoms with Gasteiger partial charge in [-0.2, -0.15) is 0 Å². The third kappa shape index (κ3) is 6.65. The van der Waals surface area contributed by atoms with Crippen LogP contribution in [0.25, 0.3) is 0 Å². The zero-order valence-corrected chi connectivity index (χ0v) is 17.3. The first-order chi connectivity index (χ1) is 14.2. The van der Waals surface area contributed by atoms with Crippen molar-refractivity contribution in [1.82, 2.24) is 9.80 Å². The highest BCUT2D eigenvalue weighted by Gasteiger charge is 2.17. The lowest BCUT2D eigenvalue weighted by Crippen LogP contribution is -2.35. The number of halogens is 1. The van der Waals surface area contributed by atoms with Gasteiger partial charge in [0.25, 0.3) is 5.91 Å². The Hall–Kier alpha value is -2.24. The molecule has 0 saturated carbocycles. The van der Waals surface area contributed by atoms with Crippen molar-refractivity contribution in [2.24, 2.45) is 0 Å². The van der Waals surface area contributed by atoms with Crippen molar-refractivity contribution in [2.45, 2.75) is 39.3 Å². The van der Waals surface area contributed by atoms with Crippen LogP contribution in [0.5, 0.6) is 0 Å². The first-order valence-corrected chi connectivity index (χ1v) is 10.6. The van der Waals surface area contributed by atoms with E-state index in [1.54, 1.807) is 12.1 Å². The smallest absolute Gasteiger partial charge is 0.254 e. The third-order valence-electron chi connectivity index (χ3n) is 5.29. The van der Waals surface area contributed by atoms with E-state index in [9.17, 15) is 9.18 Å². The average molecular weight is 399 g/mol. The first-order valence-electron chi connectivity index (χ1n) is 10.6. The molecule has 0 unspecified atom stereocenters. The summed E-state index contributed by atoms with van der Waals surface area (Å²) in [7, 11) is 0. The number of ether oxygens (including phenoxy) is 1. The van der Waals surface area contributed by atoms with E-state index >= 15 is 0 Å². The Morgan fingerprint density at radius 3 is 2.55 bits per heavy atom. The lowest BCUT2D eigenvalue weighted by atomic mass is 10.1. The number of unbranched alkanes of at least 4 members (excludes halogenated alkanes) is 2. The van der Waals surface area contributed by atoms with Crippen LogP contribution in [-0.4, -0.2) is 48.6 Å². The van der Waals surface area contributed by atoms with E-state index in [1.807, 2.05) is 23.1 Å². The van der Waals surface area contributed by atoms with Gasteiger partial charge in [-0.3, -0.25) is 9.69 Å². The minimum Gasteiger partial charge on any atom is -0.379 e. The van der Waals surface area contributed by atoms with Gasteiger partial charge in [-0.15, -0.1) is 0 Å². The maximum atomic E-state index is 13.3. The fraction of sp³-hybridized carbons (Fsp3) is 0.458. The quantitative estimate of drug-likeness (QED) is 0.584. The predicted octanol–water partition coefficient (Wildman–Crippen LogP) is 4.49. The first kappa shape index (κ1) is 21.5. The van der Waals surface area contributed by atoms with Crippen LogP contribution in [-0.2, 0) is 17.8 Å². The summed E-state index contributed by atoms with van der Waals surface area (Å²) in [5.41, 5.74) is 2.81. The molecule has 0 radical (unpaired) electrons. The Bertz CT molecular complexity index is 773. The lowest BCUT2D eigenvalue weighted by molar-refractivity contribution is 0.0341. The van der Waals surface area contributed by atoms with Crippen LogP contribution in [0.15, 0.2) is 48.5 Å². The predicted molar refractivity (Wildman–Crippen MR) is 113 cm³/mol. The topological polar surface area (TPSA) is 32.8 Å². The van der Waals surface area contributed by atoms with Crippen molar-refractivity contribution in [1.29, 1.82) is 0 Å². The SMILES string of the molecule is CCCCCN(Cc1ccc(F)cc1)C(=O)c1cccc(CN2CCOCC2)c1. The van der Waals surface area contributed by atoms with Crippen molar-refractivity contribution >= 4 is 5.91 Å². The number of hydrogen-bond acceptors (Lipinski definition) is 3. The minimum absolute atomic E-state index is 0.0363. The van der Waals surface area contributed by atoms with Gasteiger partial charge in [-0.05, 0) is 41.8 Å². The molecule has 1 saturated heterocycles. The summed E-state index contributed by atoms with van der Waals surface area (Å²) in [6, 6.07) is 14.4. The summed E-state index contributed by atoms with van der Waals surface area (Å²) >= 11 is 0. The molecule has 29 heavy (non-hydrogen) atoms. The Balaban J connectivity index is 1.71. The molecule has 1 heterocycles. The largest absolute Gasteiger partial charge is 0.379 e. The molecular weight excluding hydrogens is 367 g/mol. The summed E-state index contributed by atoms with van der Waals surface area (Å²) in [6.45, 7) is 7.56. The van der Waals surface area contributed by atoms with Gasteiger partial charge in [-0.25, -0.2) is 4.39 Å². The summed E-state index contributed by atoms with van der Waals surface area (Å²) in [4.78, 5) is 17.5. The van der Waals surface area contributed by atoms with E-state index in [1.165, 1.54) is 12.1 Å². The molecule has 0 aliphatic carbocycles. The summed E-state index contributed by atoms with van der Waals surface area (Å²) in [5.74, 6) is -0.220. The molecule has 1 fully saturated rings. The molecule has 1 aliphatic heterocycles. The highest BCUT2D eigenvalue weighted by molar-refractivity contribution is 5.94. The fourth-order valence-corrected chi connectivity index (χ4v) is 3.62. The van der Waals surface area contributed by atoms with Gasteiger partial charge in [0, 0.05) is 38.3 Å². The number of amides is 1. The molecule has 1 amide bonds. The number of carbonyl (C=O) groups is 1. The molecule has 4 nitrogen and oxygen atoms in total. The van der Waals surface area contributed by atoms with Crippen LogP contribution in [0.4, 0.5) is 4.39 Å². The van der Waals surface area contributed by atoms with Crippen LogP contribution in [0.1, 0.15) is 47.7 Å². The summed E-state index contributed by atoms with van der Waals surface area (Å²) in [6.07, 6.45) is 3.16. The van der Waals surface area contributed by atoms with Crippen LogP contribution in [0, 0.1) is 5.82 Å². The summed E-state index contributed by atoms with van der Waals surface area (Å²) < 4.78 is 18.7. The monoisotopic (exact) mass is 398 g/mol. The van der Waals surface area contributed by atoms with Crippen molar-refractivity contribution in [3.63, 3.8) is 0 Å². The zero-order chi connectivity index (χ0) is 20.5. The Morgan fingerprint density at radius 2 is 1.83 bits per heavy atom. The van der Waals surface area contributed by atoms with Crippen LogP contribution in [0.2, 0.25) is 0 Å². The van der Waals surface area contributed by atoms with E-state index in [2.05, 4.69) is 17.9 Å². The summed E-state index contributed by atoms with van der Waals surface area (Å²) in [5, 5.41) is 0. The highest BCUT2D eigenvalue weighted by atomic mass is 19.1. The van der Waals surface area contributed by atoms with Crippen molar-refractivity contribution in [3.05, 3.63) is 71.0 Å². The third-order valence-corrected chi connectivity index (χ3v) is 5.29. The molecule has 0 N–H and O–H groups in total. The molecule has 0 aromatic heterocycles. The second kappa shape index (κ2) is 11.1. The Kier molecular flexibility index (Phi) is 8.20.